The van der Waals surface area contributed by atoms with Crippen LogP contribution in [-0.4, -0.2) is 12.1 Å². The van der Waals surface area contributed by atoms with Crippen LogP contribution in [0.5, 0.6) is 5.75 Å². The Bertz CT molecular complexity index is 646. The molecule has 0 aliphatic rings. The minimum atomic E-state index is -0.691. The van der Waals surface area contributed by atoms with Crippen LogP contribution in [0.4, 0.5) is 8.78 Å². The van der Waals surface area contributed by atoms with Crippen molar-refractivity contribution < 1.29 is 13.5 Å². The van der Waals surface area contributed by atoms with Crippen LogP contribution >= 0.6 is 11.3 Å². The summed E-state index contributed by atoms with van der Waals surface area (Å²) in [4.78, 5) is 4.32. The first kappa shape index (κ1) is 12.5. The number of methoxy groups -OCH3 is 1. The summed E-state index contributed by atoms with van der Waals surface area (Å²) in [6, 6.07) is 3.86. The van der Waals surface area contributed by atoms with E-state index in [9.17, 15) is 8.78 Å². The van der Waals surface area contributed by atoms with Gasteiger partial charge in [-0.05, 0) is 13.0 Å². The normalized spacial score (nSPS) is 10.2. The average molecular weight is 266 g/mol. The smallest absolute Gasteiger partial charge is 0.165 e. The maximum atomic E-state index is 13.8. The van der Waals surface area contributed by atoms with Crippen LogP contribution < -0.4 is 4.74 Å². The molecule has 0 unspecified atom stereocenters. The van der Waals surface area contributed by atoms with Crippen LogP contribution in [0.2, 0.25) is 0 Å². The first-order chi connectivity index (χ1) is 8.56. The second-order valence-electron chi connectivity index (χ2n) is 3.49. The monoisotopic (exact) mass is 266 g/mol. The third kappa shape index (κ3) is 2.05. The average Bonchev–Trinajstić information content (AvgIpc) is 2.72. The van der Waals surface area contributed by atoms with Gasteiger partial charge in [0.25, 0.3) is 0 Å². The maximum Gasteiger partial charge on any atom is 0.165 e. The lowest BCUT2D eigenvalue weighted by molar-refractivity contribution is 0.383. The fourth-order valence-electron chi connectivity index (χ4n) is 1.55. The molecule has 1 aromatic heterocycles. The zero-order valence-electron chi connectivity index (χ0n) is 9.62. The largest absolute Gasteiger partial charge is 0.494 e. The van der Waals surface area contributed by atoms with Crippen LogP contribution in [0.3, 0.4) is 0 Å². The number of benzene rings is 1. The molecule has 1 aromatic carbocycles. The van der Waals surface area contributed by atoms with Gasteiger partial charge in [0.1, 0.15) is 22.5 Å². The van der Waals surface area contributed by atoms with E-state index >= 15 is 0 Å². The Labute approximate surface area is 106 Å². The summed E-state index contributed by atoms with van der Waals surface area (Å²) in [5.41, 5.74) is 0.133. The molecule has 0 saturated heterocycles. The van der Waals surface area contributed by atoms with E-state index in [2.05, 4.69) is 9.72 Å². The van der Waals surface area contributed by atoms with Crippen molar-refractivity contribution in [3.63, 3.8) is 0 Å². The van der Waals surface area contributed by atoms with Gasteiger partial charge in [0.2, 0.25) is 0 Å². The summed E-state index contributed by atoms with van der Waals surface area (Å²) < 4.78 is 32.1. The van der Waals surface area contributed by atoms with Crippen LogP contribution in [0.15, 0.2) is 12.1 Å². The molecule has 0 atom stereocenters. The molecule has 18 heavy (non-hydrogen) atoms. The fraction of sp³-hybridized carbons (Fsp3) is 0.167. The Morgan fingerprint density at radius 2 is 2.06 bits per heavy atom. The van der Waals surface area contributed by atoms with E-state index in [4.69, 9.17) is 5.26 Å². The quantitative estimate of drug-likeness (QED) is 0.838. The standard InChI is InChI=1S/C12H8F2N2OS/c1-6-16-12(11(5-15)18-6)7-3-9(14)10(17-2)4-8(7)13/h3-4H,1-2H3. The van der Waals surface area contributed by atoms with Crippen molar-refractivity contribution in [1.82, 2.24) is 4.98 Å². The number of hydrogen-bond donors (Lipinski definition) is 0. The summed E-state index contributed by atoms with van der Waals surface area (Å²) in [5.74, 6) is -1.54. The molecule has 0 amide bonds. The summed E-state index contributed by atoms with van der Waals surface area (Å²) in [5, 5.41) is 9.56. The van der Waals surface area contributed by atoms with Crippen LogP contribution in [0, 0.1) is 29.9 Å². The molecular weight excluding hydrogens is 258 g/mol. The molecule has 6 heteroatoms. The number of thiazole rings is 1. The van der Waals surface area contributed by atoms with Crippen molar-refractivity contribution in [3.8, 4) is 23.1 Å². The molecule has 0 N–H and O–H groups in total. The molecule has 2 aromatic rings. The van der Waals surface area contributed by atoms with E-state index in [-0.39, 0.29) is 21.9 Å². The lowest BCUT2D eigenvalue weighted by atomic mass is 10.1. The zero-order valence-corrected chi connectivity index (χ0v) is 10.4. The first-order valence-corrected chi connectivity index (χ1v) is 5.79. The van der Waals surface area contributed by atoms with Gasteiger partial charge >= 0.3 is 0 Å². The second kappa shape index (κ2) is 4.70. The summed E-state index contributed by atoms with van der Waals surface area (Å²) >= 11 is 1.14. The molecule has 0 fully saturated rings. The fourth-order valence-corrected chi connectivity index (χ4v) is 2.28. The Balaban J connectivity index is 2.65. The first-order valence-electron chi connectivity index (χ1n) is 4.97. The molecule has 0 spiro atoms. The number of ether oxygens (including phenoxy) is 1. The molecule has 0 bridgehead atoms. The van der Waals surface area contributed by atoms with E-state index in [1.807, 2.05) is 6.07 Å². The van der Waals surface area contributed by atoms with Gasteiger partial charge < -0.3 is 4.74 Å². The van der Waals surface area contributed by atoms with Gasteiger partial charge in [-0.3, -0.25) is 0 Å². The Hall–Kier alpha value is -2.00. The van der Waals surface area contributed by atoms with Crippen LogP contribution in [0.1, 0.15) is 9.88 Å². The molecule has 1 heterocycles. The van der Waals surface area contributed by atoms with Gasteiger partial charge in [-0.1, -0.05) is 0 Å². The van der Waals surface area contributed by atoms with Crippen LogP contribution in [-0.2, 0) is 0 Å². The number of hydrogen-bond acceptors (Lipinski definition) is 4. The van der Waals surface area contributed by atoms with Crippen molar-refractivity contribution >= 4 is 11.3 Å². The molecule has 0 radical (unpaired) electrons. The number of nitriles is 1. The second-order valence-corrected chi connectivity index (χ2v) is 4.69. The topological polar surface area (TPSA) is 45.9 Å². The highest BCUT2D eigenvalue weighted by molar-refractivity contribution is 7.12. The third-order valence-corrected chi connectivity index (χ3v) is 3.21. The predicted molar refractivity (Wildman–Crippen MR) is 63.5 cm³/mol. The number of nitrogens with zero attached hydrogens (tertiary/aromatic N) is 2. The van der Waals surface area contributed by atoms with Gasteiger partial charge in [-0.15, -0.1) is 11.3 Å². The summed E-state index contributed by atoms with van der Waals surface area (Å²) in [7, 11) is 1.26. The van der Waals surface area contributed by atoms with Gasteiger partial charge in [0, 0.05) is 11.6 Å². The predicted octanol–water partition coefficient (Wildman–Crippen LogP) is 3.28. The molecule has 3 nitrogen and oxygen atoms in total. The zero-order chi connectivity index (χ0) is 13.3. The minimum Gasteiger partial charge on any atom is -0.494 e. The van der Waals surface area contributed by atoms with Gasteiger partial charge in [-0.25, -0.2) is 13.8 Å². The summed E-state index contributed by atoms with van der Waals surface area (Å²) in [6.45, 7) is 1.70. The van der Waals surface area contributed by atoms with Gasteiger partial charge in [-0.2, -0.15) is 5.26 Å². The lowest BCUT2D eigenvalue weighted by Gasteiger charge is -2.05. The Morgan fingerprint density at radius 1 is 1.33 bits per heavy atom. The lowest BCUT2D eigenvalue weighted by Crippen LogP contribution is -1.94. The van der Waals surface area contributed by atoms with E-state index < -0.39 is 11.6 Å². The van der Waals surface area contributed by atoms with Crippen molar-refractivity contribution in [3.05, 3.63) is 33.7 Å². The molecule has 2 rings (SSSR count). The van der Waals surface area contributed by atoms with Crippen molar-refractivity contribution in [2.75, 3.05) is 7.11 Å². The molecule has 0 saturated carbocycles. The number of aromatic nitrogens is 1. The van der Waals surface area contributed by atoms with E-state index in [0.29, 0.717) is 5.01 Å². The Morgan fingerprint density at radius 3 is 2.67 bits per heavy atom. The number of halogens is 2. The van der Waals surface area contributed by atoms with E-state index in [0.717, 1.165) is 23.5 Å². The van der Waals surface area contributed by atoms with E-state index in [1.54, 1.807) is 6.92 Å². The number of aryl methyl sites for hydroxylation is 1. The highest BCUT2D eigenvalue weighted by Crippen LogP contribution is 2.32. The number of rotatable bonds is 2. The molecular formula is C12H8F2N2OS. The molecule has 0 aliphatic carbocycles. The van der Waals surface area contributed by atoms with Gasteiger partial charge in [0.15, 0.2) is 11.6 Å². The highest BCUT2D eigenvalue weighted by Gasteiger charge is 2.18. The van der Waals surface area contributed by atoms with Crippen LogP contribution in [0.25, 0.3) is 11.3 Å². The van der Waals surface area contributed by atoms with Crippen molar-refractivity contribution in [2.45, 2.75) is 6.92 Å². The maximum absolute atomic E-state index is 13.8. The van der Waals surface area contributed by atoms with Crippen molar-refractivity contribution in [1.29, 1.82) is 5.26 Å². The van der Waals surface area contributed by atoms with E-state index in [1.165, 1.54) is 7.11 Å². The minimum absolute atomic E-state index is 0.0331. The Kier molecular flexibility index (Phi) is 3.26. The molecule has 0 aliphatic heterocycles. The summed E-state index contributed by atoms with van der Waals surface area (Å²) in [6.07, 6.45) is 0. The molecule has 92 valence electrons. The van der Waals surface area contributed by atoms with Gasteiger partial charge in [0.05, 0.1) is 12.1 Å². The SMILES string of the molecule is COc1cc(F)c(-c2nc(C)sc2C#N)cc1F. The van der Waals surface area contributed by atoms with Crippen molar-refractivity contribution in [2.24, 2.45) is 0 Å². The highest BCUT2D eigenvalue weighted by atomic mass is 32.1. The third-order valence-electron chi connectivity index (χ3n) is 2.33.